The second-order valence-electron chi connectivity index (χ2n) is 10.0. The van der Waals surface area contributed by atoms with Crippen LogP contribution in [0.5, 0.6) is 0 Å². The molecule has 6 atom stereocenters. The number of aliphatic hydroxyl groups is 2. The Morgan fingerprint density at radius 3 is 1.94 bits per heavy atom. The molecule has 0 radical (unpaired) electrons. The minimum Gasteiger partial charge on any atom is -0.414 e. The van der Waals surface area contributed by atoms with Gasteiger partial charge in [-0.25, -0.2) is 0 Å². The van der Waals surface area contributed by atoms with E-state index in [0.29, 0.717) is 13.2 Å². The summed E-state index contributed by atoms with van der Waals surface area (Å²) >= 11 is 0. The lowest BCUT2D eigenvalue weighted by atomic mass is 10.1. The van der Waals surface area contributed by atoms with Gasteiger partial charge in [-0.05, 0) is 35.8 Å². The fourth-order valence-electron chi connectivity index (χ4n) is 3.17. The molecule has 2 aliphatic rings. The highest BCUT2D eigenvalue weighted by Crippen LogP contribution is 2.37. The predicted octanol–water partition coefficient (Wildman–Crippen LogP) is 3.53. The van der Waals surface area contributed by atoms with E-state index in [-0.39, 0.29) is 11.6 Å². The maximum atomic E-state index is 10.3. The molecular formula is C25H38O7Si. The van der Waals surface area contributed by atoms with Gasteiger partial charge in [0, 0.05) is 0 Å². The van der Waals surface area contributed by atoms with Gasteiger partial charge < -0.3 is 33.6 Å². The van der Waals surface area contributed by atoms with Crippen LogP contribution in [0.4, 0.5) is 0 Å². The maximum absolute atomic E-state index is 10.3. The molecule has 33 heavy (non-hydrogen) atoms. The van der Waals surface area contributed by atoms with Gasteiger partial charge in [-0.1, -0.05) is 63.3 Å². The minimum atomic E-state index is -1.97. The zero-order valence-corrected chi connectivity index (χ0v) is 21.2. The van der Waals surface area contributed by atoms with E-state index < -0.39 is 45.3 Å². The number of ether oxygens (including phenoxy) is 4. The van der Waals surface area contributed by atoms with Crippen molar-refractivity contribution < 1.29 is 33.6 Å². The van der Waals surface area contributed by atoms with Crippen molar-refractivity contribution in [1.82, 2.24) is 0 Å². The van der Waals surface area contributed by atoms with Gasteiger partial charge in [0.1, 0.15) is 24.4 Å². The zero-order chi connectivity index (χ0) is 24.1. The SMILES string of the molecule is CC(C)(C)[Si](C)(C)OC[C@@H]1O[C@@H](OC[C@@H]2O[C@@H](OCc3ccccc3)C=C[C@H]2O)C=C[C@H]1O. The first kappa shape index (κ1) is 26.2. The van der Waals surface area contributed by atoms with Crippen molar-refractivity contribution in [3.05, 3.63) is 60.2 Å². The summed E-state index contributed by atoms with van der Waals surface area (Å²) in [7, 11) is -1.97. The minimum absolute atomic E-state index is 0.0689. The Morgan fingerprint density at radius 2 is 1.36 bits per heavy atom. The van der Waals surface area contributed by atoms with Crippen LogP contribution >= 0.6 is 0 Å². The van der Waals surface area contributed by atoms with Gasteiger partial charge in [-0.2, -0.15) is 0 Å². The quantitative estimate of drug-likeness (QED) is 0.415. The van der Waals surface area contributed by atoms with Gasteiger partial charge in [0.05, 0.1) is 19.8 Å². The number of rotatable bonds is 9. The molecule has 0 spiro atoms. The van der Waals surface area contributed by atoms with Gasteiger partial charge in [-0.3, -0.25) is 0 Å². The summed E-state index contributed by atoms with van der Waals surface area (Å²) in [6.45, 7) is 11.6. The fourth-order valence-corrected chi connectivity index (χ4v) is 4.18. The number of benzene rings is 1. The lowest BCUT2D eigenvalue weighted by molar-refractivity contribution is -0.223. The molecule has 2 N–H and O–H groups in total. The van der Waals surface area contributed by atoms with Crippen LogP contribution in [0.2, 0.25) is 18.1 Å². The molecule has 0 amide bonds. The molecule has 0 fully saturated rings. The summed E-state index contributed by atoms with van der Waals surface area (Å²) < 4.78 is 29.6. The molecule has 3 rings (SSSR count). The lowest BCUT2D eigenvalue weighted by Crippen LogP contribution is -2.47. The van der Waals surface area contributed by atoms with Crippen LogP contribution in [-0.4, -0.2) is 68.7 Å². The summed E-state index contributed by atoms with van der Waals surface area (Å²) in [5, 5.41) is 20.7. The van der Waals surface area contributed by atoms with Crippen LogP contribution in [0.15, 0.2) is 54.6 Å². The van der Waals surface area contributed by atoms with Crippen molar-refractivity contribution in [2.45, 2.75) is 82.5 Å². The smallest absolute Gasteiger partial charge is 0.192 e. The lowest BCUT2D eigenvalue weighted by Gasteiger charge is -2.38. The molecule has 0 unspecified atom stereocenters. The molecule has 0 saturated heterocycles. The number of hydrogen-bond acceptors (Lipinski definition) is 7. The molecule has 0 aromatic heterocycles. The van der Waals surface area contributed by atoms with E-state index in [9.17, 15) is 10.2 Å². The summed E-state index contributed by atoms with van der Waals surface area (Å²) in [4.78, 5) is 0. The van der Waals surface area contributed by atoms with Crippen molar-refractivity contribution >= 4 is 8.32 Å². The van der Waals surface area contributed by atoms with Crippen molar-refractivity contribution in [3.8, 4) is 0 Å². The Kier molecular flexibility index (Phi) is 9.05. The summed E-state index contributed by atoms with van der Waals surface area (Å²) in [5.41, 5.74) is 1.04. The van der Waals surface area contributed by atoms with E-state index in [0.717, 1.165) is 5.56 Å². The van der Waals surface area contributed by atoms with Gasteiger partial charge in [0.25, 0.3) is 0 Å². The predicted molar refractivity (Wildman–Crippen MR) is 128 cm³/mol. The molecule has 2 heterocycles. The first-order valence-electron chi connectivity index (χ1n) is 11.5. The Balaban J connectivity index is 1.47. The third-order valence-electron chi connectivity index (χ3n) is 6.41. The van der Waals surface area contributed by atoms with E-state index >= 15 is 0 Å². The molecule has 8 heteroatoms. The highest BCUT2D eigenvalue weighted by Gasteiger charge is 2.39. The molecule has 7 nitrogen and oxygen atoms in total. The Bertz CT molecular complexity index is 790. The molecule has 0 aliphatic carbocycles. The van der Waals surface area contributed by atoms with Crippen molar-refractivity contribution in [2.24, 2.45) is 0 Å². The number of hydrogen-bond donors (Lipinski definition) is 2. The summed E-state index contributed by atoms with van der Waals surface area (Å²) in [5.74, 6) is 0. The Morgan fingerprint density at radius 1 is 0.818 bits per heavy atom. The van der Waals surface area contributed by atoms with Crippen LogP contribution < -0.4 is 0 Å². The van der Waals surface area contributed by atoms with Gasteiger partial charge >= 0.3 is 0 Å². The molecule has 2 aliphatic heterocycles. The summed E-state index contributed by atoms with van der Waals surface area (Å²) in [6.07, 6.45) is 2.77. The van der Waals surface area contributed by atoms with Crippen LogP contribution in [0.25, 0.3) is 0 Å². The fraction of sp³-hybridized carbons (Fsp3) is 0.600. The van der Waals surface area contributed by atoms with E-state index in [1.54, 1.807) is 24.3 Å². The highest BCUT2D eigenvalue weighted by atomic mass is 28.4. The molecule has 0 bridgehead atoms. The molecule has 0 saturated carbocycles. The highest BCUT2D eigenvalue weighted by molar-refractivity contribution is 6.74. The first-order valence-corrected chi connectivity index (χ1v) is 14.4. The second-order valence-corrected chi connectivity index (χ2v) is 14.8. The van der Waals surface area contributed by atoms with Gasteiger partial charge in [-0.15, -0.1) is 0 Å². The maximum Gasteiger partial charge on any atom is 0.192 e. The second kappa shape index (κ2) is 11.4. The Hall–Kier alpha value is -1.36. The summed E-state index contributed by atoms with van der Waals surface area (Å²) in [6, 6.07) is 9.82. The average Bonchev–Trinajstić information content (AvgIpc) is 2.77. The van der Waals surface area contributed by atoms with Gasteiger partial charge in [0.2, 0.25) is 0 Å². The molecule has 1 aromatic rings. The monoisotopic (exact) mass is 478 g/mol. The third-order valence-corrected chi connectivity index (χ3v) is 10.9. The van der Waals surface area contributed by atoms with Crippen LogP contribution in [0, 0.1) is 0 Å². The van der Waals surface area contributed by atoms with Crippen molar-refractivity contribution in [3.63, 3.8) is 0 Å². The van der Waals surface area contributed by atoms with Crippen LogP contribution in [0.1, 0.15) is 26.3 Å². The van der Waals surface area contributed by atoms with Crippen LogP contribution in [0.3, 0.4) is 0 Å². The molecule has 184 valence electrons. The van der Waals surface area contributed by atoms with E-state index in [1.807, 2.05) is 30.3 Å². The first-order chi connectivity index (χ1) is 15.5. The van der Waals surface area contributed by atoms with E-state index in [2.05, 4.69) is 33.9 Å². The topological polar surface area (TPSA) is 86.6 Å². The Labute approximate surface area is 198 Å². The standard InChI is InChI=1S/C25H38O7Si/c1-25(2,3)33(4,5)30-17-22-20(27)12-14-24(32-22)29-16-21-19(26)11-13-23(31-21)28-15-18-9-7-6-8-10-18/h6-14,19-24,26-27H,15-17H2,1-5H3/t19-,20-,21+,22+,23-,24-/m1/s1. The average molecular weight is 479 g/mol. The van der Waals surface area contributed by atoms with E-state index in [4.69, 9.17) is 23.4 Å². The van der Waals surface area contributed by atoms with Crippen LogP contribution in [-0.2, 0) is 30.0 Å². The van der Waals surface area contributed by atoms with E-state index in [1.165, 1.54) is 0 Å². The molecule has 1 aromatic carbocycles. The zero-order valence-electron chi connectivity index (χ0n) is 20.2. The number of aliphatic hydroxyl groups excluding tert-OH is 2. The van der Waals surface area contributed by atoms with Gasteiger partial charge in [0.15, 0.2) is 20.9 Å². The van der Waals surface area contributed by atoms with Crippen molar-refractivity contribution in [2.75, 3.05) is 13.2 Å². The molecular weight excluding hydrogens is 440 g/mol. The van der Waals surface area contributed by atoms with Crippen molar-refractivity contribution in [1.29, 1.82) is 0 Å². The largest absolute Gasteiger partial charge is 0.414 e. The third kappa shape index (κ3) is 7.56. The normalized spacial score (nSPS) is 30.5.